The Morgan fingerprint density at radius 1 is 1.33 bits per heavy atom. The number of aromatic nitrogens is 2. The van der Waals surface area contributed by atoms with Gasteiger partial charge in [0.2, 0.25) is 5.95 Å². The number of amides is 1. The highest BCUT2D eigenvalue weighted by Gasteiger charge is 2.14. The summed E-state index contributed by atoms with van der Waals surface area (Å²) in [6, 6.07) is 4.01. The van der Waals surface area contributed by atoms with E-state index in [1.54, 1.807) is 6.07 Å². The van der Waals surface area contributed by atoms with Gasteiger partial charge >= 0.3 is 0 Å². The zero-order valence-corrected chi connectivity index (χ0v) is 10.6. The molecule has 0 spiro atoms. The summed E-state index contributed by atoms with van der Waals surface area (Å²) in [5, 5.41) is 2.48. The monoisotopic (exact) mass is 310 g/mol. The van der Waals surface area contributed by atoms with E-state index in [0.29, 0.717) is 4.47 Å². The molecule has 0 saturated heterocycles. The number of nitrogen functional groups attached to an aromatic ring is 1. The maximum absolute atomic E-state index is 13.1. The van der Waals surface area contributed by atoms with Crippen LogP contribution in [0.3, 0.4) is 0 Å². The van der Waals surface area contributed by atoms with E-state index in [-0.39, 0.29) is 17.2 Å². The van der Waals surface area contributed by atoms with Gasteiger partial charge in [-0.2, -0.15) is 0 Å². The lowest BCUT2D eigenvalue weighted by Gasteiger charge is -2.06. The van der Waals surface area contributed by atoms with Crippen molar-refractivity contribution in [2.45, 2.75) is 0 Å². The fourth-order valence-corrected chi connectivity index (χ4v) is 1.77. The Kier molecular flexibility index (Phi) is 3.52. The lowest BCUT2D eigenvalue weighted by atomic mass is 10.2. The minimum absolute atomic E-state index is 0.0997. The van der Waals surface area contributed by atoms with Crippen LogP contribution in [0.1, 0.15) is 10.4 Å². The lowest BCUT2D eigenvalue weighted by molar-refractivity contribution is 0.102. The first-order valence-corrected chi connectivity index (χ1v) is 5.70. The molecule has 1 aromatic carbocycles. The molecule has 92 valence electrons. The average Bonchev–Trinajstić information content (AvgIpc) is 2.35. The van der Waals surface area contributed by atoms with Crippen molar-refractivity contribution >= 4 is 33.5 Å². The normalized spacial score (nSPS) is 10.1. The number of anilines is 2. The van der Waals surface area contributed by atoms with E-state index in [0.717, 1.165) is 6.07 Å². The Morgan fingerprint density at radius 2 is 2.00 bits per heavy atom. The van der Waals surface area contributed by atoms with Crippen LogP contribution in [-0.4, -0.2) is 15.9 Å². The predicted molar refractivity (Wildman–Crippen MR) is 68.5 cm³/mol. The molecule has 3 N–H and O–H groups in total. The van der Waals surface area contributed by atoms with Gasteiger partial charge in [-0.25, -0.2) is 14.4 Å². The molecule has 0 fully saturated rings. The molecular formula is C11H8BrFN4O. The minimum Gasteiger partial charge on any atom is -0.396 e. The van der Waals surface area contributed by atoms with Crippen molar-refractivity contribution in [3.05, 3.63) is 46.4 Å². The van der Waals surface area contributed by atoms with Gasteiger partial charge in [0.1, 0.15) is 5.82 Å². The summed E-state index contributed by atoms with van der Waals surface area (Å²) >= 11 is 3.10. The molecule has 1 heterocycles. The third-order valence-corrected chi connectivity index (χ3v) is 2.78. The summed E-state index contributed by atoms with van der Waals surface area (Å²) in [7, 11) is 0. The Bertz CT molecular complexity index is 591. The highest BCUT2D eigenvalue weighted by molar-refractivity contribution is 9.10. The van der Waals surface area contributed by atoms with Crippen LogP contribution in [0.4, 0.5) is 16.0 Å². The standard InChI is InChI=1S/C11H8BrFN4O/c12-7-5-8(13)9(14)4-6(7)10(18)17-11-15-2-1-3-16-11/h1-5H,14H2,(H,15,16,17,18). The van der Waals surface area contributed by atoms with Crippen molar-refractivity contribution in [1.29, 1.82) is 0 Å². The van der Waals surface area contributed by atoms with Crippen LogP contribution in [0.2, 0.25) is 0 Å². The molecule has 0 radical (unpaired) electrons. The molecule has 18 heavy (non-hydrogen) atoms. The van der Waals surface area contributed by atoms with Crippen molar-refractivity contribution in [3.63, 3.8) is 0 Å². The number of carbonyl (C=O) groups excluding carboxylic acids is 1. The smallest absolute Gasteiger partial charge is 0.259 e. The number of halogens is 2. The molecule has 0 bridgehead atoms. The van der Waals surface area contributed by atoms with Crippen LogP contribution < -0.4 is 11.1 Å². The van der Waals surface area contributed by atoms with Crippen LogP contribution in [0.15, 0.2) is 35.1 Å². The summed E-state index contributed by atoms with van der Waals surface area (Å²) in [6.07, 6.45) is 2.99. The van der Waals surface area contributed by atoms with Crippen molar-refractivity contribution < 1.29 is 9.18 Å². The molecule has 0 aliphatic rings. The van der Waals surface area contributed by atoms with E-state index in [1.807, 2.05) is 0 Å². The van der Waals surface area contributed by atoms with Crippen LogP contribution in [0.25, 0.3) is 0 Å². The van der Waals surface area contributed by atoms with Crippen molar-refractivity contribution in [2.24, 2.45) is 0 Å². The number of carbonyl (C=O) groups is 1. The quantitative estimate of drug-likeness (QED) is 0.833. The van der Waals surface area contributed by atoms with Crippen LogP contribution in [0.5, 0.6) is 0 Å². The molecule has 5 nitrogen and oxygen atoms in total. The van der Waals surface area contributed by atoms with Crippen molar-refractivity contribution in [1.82, 2.24) is 9.97 Å². The predicted octanol–water partition coefficient (Wildman–Crippen LogP) is 2.21. The molecule has 2 aromatic rings. The van der Waals surface area contributed by atoms with E-state index >= 15 is 0 Å². The second kappa shape index (κ2) is 5.09. The van der Waals surface area contributed by atoms with E-state index in [4.69, 9.17) is 5.73 Å². The maximum Gasteiger partial charge on any atom is 0.259 e. The Balaban J connectivity index is 2.27. The van der Waals surface area contributed by atoms with Crippen LogP contribution >= 0.6 is 15.9 Å². The van der Waals surface area contributed by atoms with Gasteiger partial charge in [0.25, 0.3) is 5.91 Å². The zero-order chi connectivity index (χ0) is 13.1. The summed E-state index contributed by atoms with van der Waals surface area (Å²) in [5.74, 6) is -0.897. The molecule has 0 unspecified atom stereocenters. The first kappa shape index (κ1) is 12.4. The fourth-order valence-electron chi connectivity index (χ4n) is 1.27. The molecule has 1 amide bonds. The van der Waals surface area contributed by atoms with Crippen molar-refractivity contribution in [3.8, 4) is 0 Å². The van der Waals surface area contributed by atoms with Gasteiger partial charge in [0, 0.05) is 16.9 Å². The van der Waals surface area contributed by atoms with Gasteiger partial charge in [0.05, 0.1) is 11.3 Å². The first-order valence-electron chi connectivity index (χ1n) is 4.91. The molecule has 7 heteroatoms. The fraction of sp³-hybridized carbons (Fsp3) is 0. The van der Waals surface area contributed by atoms with E-state index in [9.17, 15) is 9.18 Å². The number of benzene rings is 1. The van der Waals surface area contributed by atoms with E-state index < -0.39 is 11.7 Å². The third-order valence-electron chi connectivity index (χ3n) is 2.12. The first-order chi connectivity index (χ1) is 8.58. The van der Waals surface area contributed by atoms with Crippen molar-refractivity contribution in [2.75, 3.05) is 11.1 Å². The molecular weight excluding hydrogens is 303 g/mol. The molecule has 0 atom stereocenters. The van der Waals surface area contributed by atoms with E-state index in [1.165, 1.54) is 18.5 Å². The lowest BCUT2D eigenvalue weighted by Crippen LogP contribution is -2.15. The molecule has 0 aliphatic heterocycles. The minimum atomic E-state index is -0.589. The number of nitrogens with one attached hydrogen (secondary N) is 1. The Hall–Kier alpha value is -2.02. The number of hydrogen-bond donors (Lipinski definition) is 2. The molecule has 0 aliphatic carbocycles. The summed E-state index contributed by atoms with van der Waals surface area (Å²) in [5.41, 5.74) is 5.52. The largest absolute Gasteiger partial charge is 0.396 e. The molecule has 1 aromatic heterocycles. The second-order valence-corrected chi connectivity index (χ2v) is 4.23. The van der Waals surface area contributed by atoms with Gasteiger partial charge in [0.15, 0.2) is 0 Å². The van der Waals surface area contributed by atoms with Gasteiger partial charge < -0.3 is 5.73 Å². The average molecular weight is 311 g/mol. The third kappa shape index (κ3) is 2.62. The Labute approximate surface area is 110 Å². The number of hydrogen-bond acceptors (Lipinski definition) is 4. The van der Waals surface area contributed by atoms with Gasteiger partial charge in [-0.05, 0) is 34.1 Å². The molecule has 2 rings (SSSR count). The number of nitrogens with two attached hydrogens (primary N) is 1. The summed E-state index contributed by atoms with van der Waals surface area (Å²) in [6.45, 7) is 0. The van der Waals surface area contributed by atoms with Crippen LogP contribution in [0, 0.1) is 5.82 Å². The summed E-state index contributed by atoms with van der Waals surface area (Å²) < 4.78 is 13.4. The van der Waals surface area contributed by atoms with Gasteiger partial charge in [-0.1, -0.05) is 0 Å². The second-order valence-electron chi connectivity index (χ2n) is 3.38. The highest BCUT2D eigenvalue weighted by atomic mass is 79.9. The zero-order valence-electron chi connectivity index (χ0n) is 9.02. The maximum atomic E-state index is 13.1. The van der Waals surface area contributed by atoms with E-state index in [2.05, 4.69) is 31.2 Å². The number of nitrogens with zero attached hydrogens (tertiary/aromatic N) is 2. The topological polar surface area (TPSA) is 80.9 Å². The Morgan fingerprint density at radius 3 is 2.67 bits per heavy atom. The van der Waals surface area contributed by atoms with Gasteiger partial charge in [-0.3, -0.25) is 10.1 Å². The van der Waals surface area contributed by atoms with Crippen LogP contribution in [-0.2, 0) is 0 Å². The SMILES string of the molecule is Nc1cc(C(=O)Nc2ncccn2)c(Br)cc1F. The highest BCUT2D eigenvalue weighted by Crippen LogP contribution is 2.23. The summed E-state index contributed by atoms with van der Waals surface area (Å²) in [4.78, 5) is 19.6. The molecule has 0 saturated carbocycles. The van der Waals surface area contributed by atoms with Gasteiger partial charge in [-0.15, -0.1) is 0 Å². The number of rotatable bonds is 2.